The van der Waals surface area contributed by atoms with Crippen LogP contribution >= 0.6 is 0 Å². The molecular formula is C23H24F3N3O5. The SMILES string of the molecule is CCOC(=O)[C@@H]1[C@@H](Cc2ccnc(N)c2)C(=O)N1C(=O)C[C@H](C)c1ccc(OC(F)(F)F)cc1. The molecule has 8 nitrogen and oxygen atoms in total. The normalized spacial score (nSPS) is 18.7. The Kier molecular flexibility index (Phi) is 7.43. The van der Waals surface area contributed by atoms with E-state index in [0.29, 0.717) is 11.1 Å². The number of esters is 1. The molecule has 0 aliphatic carbocycles. The Morgan fingerprint density at radius 1 is 1.21 bits per heavy atom. The van der Waals surface area contributed by atoms with Gasteiger partial charge in [-0.1, -0.05) is 19.1 Å². The average Bonchev–Trinajstić information content (AvgIpc) is 2.75. The van der Waals surface area contributed by atoms with Crippen LogP contribution in [0.1, 0.15) is 37.3 Å². The fourth-order valence-electron chi connectivity index (χ4n) is 3.87. The van der Waals surface area contributed by atoms with Gasteiger partial charge >= 0.3 is 12.3 Å². The van der Waals surface area contributed by atoms with Gasteiger partial charge in [0.1, 0.15) is 17.6 Å². The van der Waals surface area contributed by atoms with Crippen molar-refractivity contribution in [2.24, 2.45) is 5.92 Å². The number of ether oxygens (including phenoxy) is 2. The van der Waals surface area contributed by atoms with E-state index in [0.717, 1.165) is 17.0 Å². The number of rotatable bonds is 8. The van der Waals surface area contributed by atoms with E-state index in [4.69, 9.17) is 10.5 Å². The number of imide groups is 1. The lowest BCUT2D eigenvalue weighted by Crippen LogP contribution is -2.67. The second kappa shape index (κ2) is 10.1. The second-order valence-corrected chi connectivity index (χ2v) is 7.92. The van der Waals surface area contributed by atoms with Gasteiger partial charge in [-0.05, 0) is 54.7 Å². The summed E-state index contributed by atoms with van der Waals surface area (Å²) in [6.45, 7) is 3.40. The largest absolute Gasteiger partial charge is 0.573 e. The van der Waals surface area contributed by atoms with Crippen molar-refractivity contribution in [2.75, 3.05) is 12.3 Å². The highest BCUT2D eigenvalue weighted by Crippen LogP contribution is 2.34. The Balaban J connectivity index is 1.70. The number of hydrogen-bond donors (Lipinski definition) is 1. The molecule has 1 aliphatic rings. The molecule has 2 amide bonds. The Labute approximate surface area is 193 Å². The lowest BCUT2D eigenvalue weighted by Gasteiger charge is -2.44. The molecule has 1 aromatic carbocycles. The number of anilines is 1. The summed E-state index contributed by atoms with van der Waals surface area (Å²) < 4.78 is 45.9. The van der Waals surface area contributed by atoms with Crippen LogP contribution in [0.4, 0.5) is 19.0 Å². The number of hydrogen-bond acceptors (Lipinski definition) is 7. The van der Waals surface area contributed by atoms with Crippen LogP contribution in [0.15, 0.2) is 42.6 Å². The minimum absolute atomic E-state index is 0.0865. The minimum Gasteiger partial charge on any atom is -0.464 e. The quantitative estimate of drug-likeness (QED) is 0.457. The van der Waals surface area contributed by atoms with Crippen molar-refractivity contribution in [2.45, 2.75) is 45.0 Å². The van der Waals surface area contributed by atoms with E-state index in [-0.39, 0.29) is 31.0 Å². The second-order valence-electron chi connectivity index (χ2n) is 7.92. The van der Waals surface area contributed by atoms with Crippen LogP contribution in [0.5, 0.6) is 5.75 Å². The number of halogens is 3. The van der Waals surface area contributed by atoms with Gasteiger partial charge in [0.15, 0.2) is 0 Å². The fraction of sp³-hybridized carbons (Fsp3) is 0.391. The zero-order valence-corrected chi connectivity index (χ0v) is 18.5. The molecule has 1 aromatic heterocycles. The molecule has 2 aromatic rings. The molecule has 11 heteroatoms. The lowest BCUT2D eigenvalue weighted by molar-refractivity contribution is -0.274. The van der Waals surface area contributed by atoms with Crippen LogP contribution < -0.4 is 10.5 Å². The van der Waals surface area contributed by atoms with E-state index in [1.165, 1.54) is 18.3 Å². The molecule has 2 heterocycles. The van der Waals surface area contributed by atoms with Crippen LogP contribution in [-0.2, 0) is 25.5 Å². The van der Waals surface area contributed by atoms with E-state index in [9.17, 15) is 27.6 Å². The zero-order chi connectivity index (χ0) is 25.0. The predicted molar refractivity (Wildman–Crippen MR) is 114 cm³/mol. The number of β-lactam (4-membered cyclic amide) rings is 1. The van der Waals surface area contributed by atoms with E-state index in [1.54, 1.807) is 26.0 Å². The van der Waals surface area contributed by atoms with Crippen molar-refractivity contribution in [1.29, 1.82) is 0 Å². The first-order valence-electron chi connectivity index (χ1n) is 10.6. The predicted octanol–water partition coefficient (Wildman–Crippen LogP) is 3.22. The highest BCUT2D eigenvalue weighted by atomic mass is 19.4. The maximum atomic E-state index is 12.9. The molecule has 0 spiro atoms. The van der Waals surface area contributed by atoms with Gasteiger partial charge in [0.2, 0.25) is 11.8 Å². The van der Waals surface area contributed by atoms with Gasteiger partial charge in [-0.3, -0.25) is 14.5 Å². The van der Waals surface area contributed by atoms with Gasteiger partial charge in [0, 0.05) is 12.6 Å². The zero-order valence-electron chi connectivity index (χ0n) is 18.5. The third-order valence-electron chi connectivity index (χ3n) is 5.48. The number of nitrogens with two attached hydrogens (primary N) is 1. The Morgan fingerprint density at radius 3 is 2.47 bits per heavy atom. The minimum atomic E-state index is -4.80. The number of aromatic nitrogens is 1. The van der Waals surface area contributed by atoms with Crippen LogP contribution in [-0.4, -0.2) is 46.7 Å². The molecule has 3 rings (SSSR count). The monoisotopic (exact) mass is 479 g/mol. The van der Waals surface area contributed by atoms with Gasteiger partial charge in [-0.25, -0.2) is 9.78 Å². The maximum Gasteiger partial charge on any atom is 0.573 e. The number of pyridine rings is 1. The van der Waals surface area contributed by atoms with Gasteiger partial charge in [0.05, 0.1) is 12.5 Å². The van der Waals surface area contributed by atoms with E-state index in [2.05, 4.69) is 9.72 Å². The standard InChI is InChI=1S/C23H24F3N3O5/c1-3-33-22(32)20-17(11-14-8-9-28-18(27)12-14)21(31)29(20)19(30)10-13(2)15-4-6-16(7-5-15)34-23(24,25)26/h4-9,12-13,17,20H,3,10-11H2,1-2H3,(H2,27,28)/t13-,17+,20-/m0/s1. The molecule has 0 saturated carbocycles. The van der Waals surface area contributed by atoms with E-state index < -0.39 is 42.0 Å². The fourth-order valence-corrected chi connectivity index (χ4v) is 3.87. The van der Waals surface area contributed by atoms with Crippen molar-refractivity contribution < 1.29 is 37.0 Å². The van der Waals surface area contributed by atoms with Crippen LogP contribution in [0.2, 0.25) is 0 Å². The van der Waals surface area contributed by atoms with Crippen LogP contribution in [0, 0.1) is 5.92 Å². The third kappa shape index (κ3) is 5.83. The van der Waals surface area contributed by atoms with E-state index in [1.807, 2.05) is 0 Å². The Hall–Kier alpha value is -3.63. The molecular weight excluding hydrogens is 455 g/mol. The van der Waals surface area contributed by atoms with Crippen molar-refractivity contribution in [3.8, 4) is 5.75 Å². The maximum absolute atomic E-state index is 12.9. The molecule has 0 bridgehead atoms. The molecule has 182 valence electrons. The molecule has 1 fully saturated rings. The first kappa shape index (κ1) is 25.0. The molecule has 34 heavy (non-hydrogen) atoms. The molecule has 3 atom stereocenters. The molecule has 1 aliphatic heterocycles. The van der Waals surface area contributed by atoms with E-state index >= 15 is 0 Å². The van der Waals surface area contributed by atoms with Gasteiger partial charge in [-0.15, -0.1) is 13.2 Å². The Morgan fingerprint density at radius 2 is 1.88 bits per heavy atom. The molecule has 0 unspecified atom stereocenters. The first-order chi connectivity index (χ1) is 16.0. The highest BCUT2D eigenvalue weighted by molar-refractivity contribution is 6.08. The first-order valence-corrected chi connectivity index (χ1v) is 10.6. The summed E-state index contributed by atoms with van der Waals surface area (Å²) in [6, 6.07) is 7.32. The summed E-state index contributed by atoms with van der Waals surface area (Å²) in [5.41, 5.74) is 6.95. The van der Waals surface area contributed by atoms with Crippen LogP contribution in [0.25, 0.3) is 0 Å². The number of nitrogen functional groups attached to an aromatic ring is 1. The van der Waals surface area contributed by atoms with Crippen molar-refractivity contribution in [3.63, 3.8) is 0 Å². The summed E-state index contributed by atoms with van der Waals surface area (Å²) in [4.78, 5) is 43.1. The molecule has 2 N–H and O–H groups in total. The lowest BCUT2D eigenvalue weighted by atomic mass is 9.81. The van der Waals surface area contributed by atoms with Crippen LogP contribution in [0.3, 0.4) is 0 Å². The number of alkyl halides is 3. The summed E-state index contributed by atoms with van der Waals surface area (Å²) in [5, 5.41) is 0. The molecule has 0 radical (unpaired) electrons. The number of benzene rings is 1. The number of amides is 2. The summed E-state index contributed by atoms with van der Waals surface area (Å²) in [6.07, 6.45) is -3.25. The smallest absolute Gasteiger partial charge is 0.464 e. The molecule has 1 saturated heterocycles. The van der Waals surface area contributed by atoms with Crippen molar-refractivity contribution >= 4 is 23.6 Å². The average molecular weight is 479 g/mol. The Bertz CT molecular complexity index is 1060. The summed E-state index contributed by atoms with van der Waals surface area (Å²) >= 11 is 0. The summed E-state index contributed by atoms with van der Waals surface area (Å²) in [7, 11) is 0. The van der Waals surface area contributed by atoms with Gasteiger partial charge in [0.25, 0.3) is 0 Å². The third-order valence-corrected chi connectivity index (χ3v) is 5.48. The van der Waals surface area contributed by atoms with Gasteiger partial charge in [-0.2, -0.15) is 0 Å². The van der Waals surface area contributed by atoms with Gasteiger partial charge < -0.3 is 15.2 Å². The number of nitrogens with zero attached hydrogens (tertiary/aromatic N) is 2. The highest BCUT2D eigenvalue weighted by Gasteiger charge is 2.55. The van der Waals surface area contributed by atoms with Crippen molar-refractivity contribution in [1.82, 2.24) is 9.88 Å². The summed E-state index contributed by atoms with van der Waals surface area (Å²) in [5.74, 6) is -3.07. The topological polar surface area (TPSA) is 112 Å². The number of carbonyl (C=O) groups excluding carboxylic acids is 3. The van der Waals surface area contributed by atoms with Crippen molar-refractivity contribution in [3.05, 3.63) is 53.7 Å². The number of carbonyl (C=O) groups is 3. The number of likely N-dealkylation sites (tertiary alicyclic amines) is 1.